The molecule has 0 heterocycles. The third-order valence-corrected chi connectivity index (χ3v) is 0.982. The van der Waals surface area contributed by atoms with E-state index in [9.17, 15) is 8.76 Å². The fraction of sp³-hybridized carbons (Fsp3) is 0. The molecule has 3 nitrogen and oxygen atoms in total. The molecule has 0 aliphatic carbocycles. The third kappa shape index (κ3) is 9.12. The predicted molar refractivity (Wildman–Crippen MR) is 22.1 cm³/mol. The van der Waals surface area contributed by atoms with E-state index in [1.807, 2.05) is 0 Å². The molecule has 0 radical (unpaired) electrons. The van der Waals surface area contributed by atoms with Crippen LogP contribution in [0.1, 0.15) is 1.43 Å². The molecule has 1 unspecified atom stereocenters. The molecule has 34 valence electrons. The van der Waals surface area contributed by atoms with Crippen LogP contribution in [0.3, 0.4) is 0 Å². The molecule has 0 aromatic carbocycles. The second-order valence-corrected chi connectivity index (χ2v) is 1.91. The summed E-state index contributed by atoms with van der Waals surface area (Å²) < 4.78 is 20.2. The van der Waals surface area contributed by atoms with Crippen molar-refractivity contribution in [2.75, 3.05) is 0 Å². The van der Waals surface area contributed by atoms with Crippen molar-refractivity contribution in [2.45, 2.75) is 0 Å². The molecule has 1 atom stereocenters. The second kappa shape index (κ2) is 6.55. The zero-order valence-electron chi connectivity index (χ0n) is 4.10. The monoisotopic (exact) mass is 182 g/mol. The minimum absolute atomic E-state index is 0. The summed E-state index contributed by atoms with van der Waals surface area (Å²) in [5, 5.41) is 0. The van der Waals surface area contributed by atoms with E-state index in [0.29, 0.717) is 0 Å². The van der Waals surface area contributed by atoms with Gasteiger partial charge in [-0.1, -0.05) is 0 Å². The Bertz CT molecular complexity index is 53.0. The number of hydrogen-bond donors (Lipinski definition) is 1. The van der Waals surface area contributed by atoms with Gasteiger partial charge in [-0.2, -0.15) is 3.75 Å². The molecule has 6 heavy (non-hydrogen) atoms. The molecular formula is H2BrNNaO2S-. The van der Waals surface area contributed by atoms with Gasteiger partial charge < -0.3 is 5.98 Å². The van der Waals surface area contributed by atoms with Crippen LogP contribution in [0.25, 0.3) is 0 Å². The second-order valence-electron chi connectivity index (χ2n) is 0.312. The first-order valence-corrected chi connectivity index (χ1v) is 2.59. The summed E-state index contributed by atoms with van der Waals surface area (Å²) in [6, 6.07) is 0. The molecule has 6 heteroatoms. The molecule has 0 bridgehead atoms. The van der Waals surface area contributed by atoms with Crippen LogP contribution in [0, 0.1) is 0 Å². The Labute approximate surface area is 70.4 Å². The maximum absolute atomic E-state index is 9.21. The molecular weight excluding hydrogens is 181 g/mol. The zero-order chi connectivity index (χ0) is 4.28. The van der Waals surface area contributed by atoms with Crippen molar-refractivity contribution in [3.8, 4) is 0 Å². The van der Waals surface area contributed by atoms with E-state index in [-0.39, 0.29) is 31.0 Å². The van der Waals surface area contributed by atoms with Crippen molar-refractivity contribution in [1.82, 2.24) is 3.75 Å². The van der Waals surface area contributed by atoms with E-state index >= 15 is 0 Å². The van der Waals surface area contributed by atoms with Crippen LogP contribution in [0.2, 0.25) is 0 Å². The van der Waals surface area contributed by atoms with Crippen LogP contribution in [0.15, 0.2) is 0 Å². The smallest absolute Gasteiger partial charge is 1.00 e. The standard InChI is InChI=1S/BrH2NO2S.Na.H/c1-2-5(3)4;;/h2H,(H,3,4);;/q;+1;-1/p-1. The molecule has 0 aromatic rings. The van der Waals surface area contributed by atoms with Gasteiger partial charge in [0.15, 0.2) is 0 Å². The number of rotatable bonds is 1. The van der Waals surface area contributed by atoms with Crippen LogP contribution < -0.4 is 33.3 Å². The first kappa shape index (κ1) is 10.5. The average molecular weight is 183 g/mol. The zero-order valence-corrected chi connectivity index (χ0v) is 7.51. The van der Waals surface area contributed by atoms with Gasteiger partial charge in [-0.25, -0.2) is 0 Å². The van der Waals surface area contributed by atoms with Gasteiger partial charge in [-0.15, -0.1) is 0 Å². The molecule has 0 aromatic heterocycles. The molecule has 0 aliphatic heterocycles. The van der Waals surface area contributed by atoms with Crippen molar-refractivity contribution in [3.63, 3.8) is 0 Å². The first-order valence-electron chi connectivity index (χ1n) is 0.726. The van der Waals surface area contributed by atoms with Crippen LogP contribution in [0.4, 0.5) is 0 Å². The Morgan fingerprint density at radius 3 is 2.17 bits per heavy atom. The molecule has 0 aliphatic rings. The van der Waals surface area contributed by atoms with Gasteiger partial charge in [-0.3, -0.25) is 4.21 Å². The minimum atomic E-state index is -2.16. The van der Waals surface area contributed by atoms with Gasteiger partial charge in [-0.05, 0) is 0 Å². The van der Waals surface area contributed by atoms with E-state index in [4.69, 9.17) is 0 Å². The molecule has 1 N–H and O–H groups in total. The number of nitrogens with one attached hydrogen (secondary N) is 1. The molecule has 0 rings (SSSR count). The van der Waals surface area contributed by atoms with E-state index < -0.39 is 11.3 Å². The van der Waals surface area contributed by atoms with Crippen LogP contribution in [-0.4, -0.2) is 8.76 Å². The largest absolute Gasteiger partial charge is 1.00 e. The predicted octanol–water partition coefficient (Wildman–Crippen LogP) is -3.20. The van der Waals surface area contributed by atoms with Gasteiger partial charge in [0, 0.05) is 27.4 Å². The molecule has 0 saturated heterocycles. The van der Waals surface area contributed by atoms with Gasteiger partial charge in [0.25, 0.3) is 0 Å². The molecule has 0 saturated carbocycles. The summed E-state index contributed by atoms with van der Waals surface area (Å²) in [7, 11) is 0. The van der Waals surface area contributed by atoms with Crippen LogP contribution >= 0.6 is 16.1 Å². The average Bonchev–Trinajstić information content (AvgIpc) is 1.38. The van der Waals surface area contributed by atoms with E-state index in [2.05, 4.69) is 16.1 Å². The van der Waals surface area contributed by atoms with Crippen molar-refractivity contribution >= 4 is 27.4 Å². The maximum Gasteiger partial charge on any atom is 1.00 e. The fourth-order valence-corrected chi connectivity index (χ4v) is 0. The molecule has 0 amide bonds. The third-order valence-electron chi connectivity index (χ3n) is 0.0630. The summed E-state index contributed by atoms with van der Waals surface area (Å²) >= 11 is 0.295. The van der Waals surface area contributed by atoms with Crippen molar-refractivity contribution in [2.24, 2.45) is 0 Å². The Balaban J connectivity index is -0.0000000800. The first-order chi connectivity index (χ1) is 2.27. The quantitative estimate of drug-likeness (QED) is 0.264. The maximum atomic E-state index is 9.21. The van der Waals surface area contributed by atoms with Gasteiger partial charge in [0.05, 0.1) is 0 Å². The Morgan fingerprint density at radius 1 is 2.00 bits per heavy atom. The minimum Gasteiger partial charge on any atom is -1.00 e. The number of halogens is 1. The summed E-state index contributed by atoms with van der Waals surface area (Å²) in [5.74, 6) is 0. The van der Waals surface area contributed by atoms with Crippen molar-refractivity contribution in [1.29, 1.82) is 0 Å². The van der Waals surface area contributed by atoms with Crippen LogP contribution in [0.5, 0.6) is 0 Å². The number of hydrogen-bond acceptors (Lipinski definition) is 2. The van der Waals surface area contributed by atoms with E-state index in [0.717, 1.165) is 0 Å². The van der Waals surface area contributed by atoms with Gasteiger partial charge in [0.2, 0.25) is 0 Å². The summed E-state index contributed by atoms with van der Waals surface area (Å²) in [4.78, 5) is 0. The van der Waals surface area contributed by atoms with Crippen LogP contribution in [-0.2, 0) is 11.3 Å². The van der Waals surface area contributed by atoms with E-state index in [1.165, 1.54) is 0 Å². The van der Waals surface area contributed by atoms with Crippen molar-refractivity contribution in [3.05, 3.63) is 0 Å². The molecule has 0 fully saturated rings. The van der Waals surface area contributed by atoms with E-state index in [1.54, 1.807) is 3.75 Å². The summed E-state index contributed by atoms with van der Waals surface area (Å²) in [6.45, 7) is 0. The Morgan fingerprint density at radius 2 is 2.17 bits per heavy atom. The summed E-state index contributed by atoms with van der Waals surface area (Å²) in [6.07, 6.45) is 0. The van der Waals surface area contributed by atoms with Crippen molar-refractivity contribution < 1.29 is 39.7 Å². The Hall–Kier alpha value is 1.55. The van der Waals surface area contributed by atoms with Gasteiger partial charge >= 0.3 is 29.6 Å². The SMILES string of the molecule is O=S([O-])NBr.[H-].[Na+]. The summed E-state index contributed by atoms with van der Waals surface area (Å²) in [5.41, 5.74) is 0. The molecule has 0 spiro atoms. The fourth-order valence-electron chi connectivity index (χ4n) is 0. The van der Waals surface area contributed by atoms with Gasteiger partial charge in [0.1, 0.15) is 0 Å². The Kier molecular flexibility index (Phi) is 11.5. The topological polar surface area (TPSA) is 52.2 Å². The normalized spacial score (nSPS) is 12.3.